The molecule has 0 spiro atoms. The van der Waals surface area contributed by atoms with Crippen LogP contribution < -0.4 is 4.74 Å². The van der Waals surface area contributed by atoms with E-state index in [0.29, 0.717) is 12.5 Å². The SMILES string of the molecule is c1ccc(-c2cn(-c3ccccc3)nc2OCCN2CCOCC2)cc1. The van der Waals surface area contributed by atoms with E-state index in [2.05, 4.69) is 17.0 Å². The Kier molecular flexibility index (Phi) is 5.28. The molecule has 0 bridgehead atoms. The summed E-state index contributed by atoms with van der Waals surface area (Å²) in [6, 6.07) is 20.4. The van der Waals surface area contributed by atoms with Crippen LogP contribution in [0.4, 0.5) is 0 Å². The van der Waals surface area contributed by atoms with E-state index in [-0.39, 0.29) is 0 Å². The first-order valence-electron chi connectivity index (χ1n) is 9.03. The summed E-state index contributed by atoms with van der Waals surface area (Å²) in [5.74, 6) is 0.674. The second-order valence-corrected chi connectivity index (χ2v) is 6.30. The number of benzene rings is 2. The van der Waals surface area contributed by atoms with Gasteiger partial charge in [-0.15, -0.1) is 5.10 Å². The van der Waals surface area contributed by atoms with Crippen molar-refractivity contribution in [3.63, 3.8) is 0 Å². The Morgan fingerprint density at radius 1 is 0.923 bits per heavy atom. The van der Waals surface area contributed by atoms with E-state index in [1.54, 1.807) is 0 Å². The zero-order chi connectivity index (χ0) is 17.6. The van der Waals surface area contributed by atoms with Crippen molar-refractivity contribution in [2.45, 2.75) is 0 Å². The number of para-hydroxylation sites is 1. The Labute approximate surface area is 153 Å². The van der Waals surface area contributed by atoms with Crippen LogP contribution in [-0.4, -0.2) is 54.1 Å². The molecule has 2 aromatic carbocycles. The summed E-state index contributed by atoms with van der Waals surface area (Å²) in [5, 5.41) is 4.69. The van der Waals surface area contributed by atoms with Gasteiger partial charge in [-0.25, -0.2) is 4.68 Å². The lowest BCUT2D eigenvalue weighted by Crippen LogP contribution is -2.38. The maximum atomic E-state index is 6.08. The van der Waals surface area contributed by atoms with Crippen molar-refractivity contribution in [3.05, 3.63) is 66.9 Å². The Bertz CT molecular complexity index is 812. The zero-order valence-electron chi connectivity index (χ0n) is 14.8. The molecule has 0 saturated carbocycles. The summed E-state index contributed by atoms with van der Waals surface area (Å²) in [6.07, 6.45) is 2.04. The molecular weight excluding hydrogens is 326 g/mol. The fourth-order valence-electron chi connectivity index (χ4n) is 3.09. The molecule has 0 N–H and O–H groups in total. The van der Waals surface area contributed by atoms with E-state index in [0.717, 1.165) is 49.7 Å². The Morgan fingerprint density at radius 2 is 1.62 bits per heavy atom. The molecule has 1 aliphatic rings. The van der Waals surface area contributed by atoms with Gasteiger partial charge in [0.15, 0.2) is 0 Å². The van der Waals surface area contributed by atoms with Crippen LogP contribution in [0.3, 0.4) is 0 Å². The van der Waals surface area contributed by atoms with Gasteiger partial charge >= 0.3 is 0 Å². The van der Waals surface area contributed by atoms with Crippen LogP contribution >= 0.6 is 0 Å². The minimum Gasteiger partial charge on any atom is -0.475 e. The van der Waals surface area contributed by atoms with Gasteiger partial charge in [0, 0.05) is 25.8 Å². The van der Waals surface area contributed by atoms with Crippen LogP contribution in [0.15, 0.2) is 66.9 Å². The molecule has 0 radical (unpaired) electrons. The van der Waals surface area contributed by atoms with E-state index >= 15 is 0 Å². The summed E-state index contributed by atoms with van der Waals surface area (Å²) in [6.45, 7) is 5.04. The van der Waals surface area contributed by atoms with Crippen LogP contribution in [0.2, 0.25) is 0 Å². The Balaban J connectivity index is 1.54. The Morgan fingerprint density at radius 3 is 2.35 bits per heavy atom. The molecule has 1 saturated heterocycles. The molecule has 5 nitrogen and oxygen atoms in total. The minimum absolute atomic E-state index is 0.617. The summed E-state index contributed by atoms with van der Waals surface area (Å²) < 4.78 is 13.4. The van der Waals surface area contributed by atoms with Crippen molar-refractivity contribution in [3.8, 4) is 22.7 Å². The normalized spacial score (nSPS) is 15.1. The third-order valence-corrected chi connectivity index (χ3v) is 4.54. The van der Waals surface area contributed by atoms with Gasteiger partial charge in [-0.3, -0.25) is 4.90 Å². The molecule has 2 heterocycles. The molecule has 5 heteroatoms. The smallest absolute Gasteiger partial charge is 0.241 e. The van der Waals surface area contributed by atoms with Crippen molar-refractivity contribution < 1.29 is 9.47 Å². The number of aromatic nitrogens is 2. The number of ether oxygens (including phenoxy) is 2. The number of morpholine rings is 1. The quantitative estimate of drug-likeness (QED) is 0.685. The molecule has 0 atom stereocenters. The summed E-state index contributed by atoms with van der Waals surface area (Å²) in [4.78, 5) is 2.36. The molecule has 0 aliphatic carbocycles. The second kappa shape index (κ2) is 8.17. The third-order valence-electron chi connectivity index (χ3n) is 4.54. The van der Waals surface area contributed by atoms with Crippen molar-refractivity contribution in [2.75, 3.05) is 39.5 Å². The number of rotatable bonds is 6. The molecule has 1 aliphatic heterocycles. The van der Waals surface area contributed by atoms with Crippen molar-refractivity contribution >= 4 is 0 Å². The second-order valence-electron chi connectivity index (χ2n) is 6.30. The highest BCUT2D eigenvalue weighted by atomic mass is 16.5. The molecule has 1 fully saturated rings. The van der Waals surface area contributed by atoms with Crippen LogP contribution in [0.25, 0.3) is 16.8 Å². The van der Waals surface area contributed by atoms with E-state index in [9.17, 15) is 0 Å². The third kappa shape index (κ3) is 3.95. The molecule has 4 rings (SSSR count). The van der Waals surface area contributed by atoms with E-state index in [4.69, 9.17) is 14.6 Å². The van der Waals surface area contributed by atoms with Crippen LogP contribution in [-0.2, 0) is 4.74 Å². The predicted octanol–water partition coefficient (Wildman–Crippen LogP) is 3.25. The van der Waals surface area contributed by atoms with Gasteiger partial charge in [0.25, 0.3) is 0 Å². The summed E-state index contributed by atoms with van der Waals surface area (Å²) in [5.41, 5.74) is 3.14. The molecular formula is C21H23N3O2. The Hall–Kier alpha value is -2.63. The van der Waals surface area contributed by atoms with Gasteiger partial charge in [-0.05, 0) is 17.7 Å². The van der Waals surface area contributed by atoms with Crippen molar-refractivity contribution in [1.82, 2.24) is 14.7 Å². The summed E-state index contributed by atoms with van der Waals surface area (Å²) >= 11 is 0. The topological polar surface area (TPSA) is 39.5 Å². The first kappa shape index (κ1) is 16.8. The average Bonchev–Trinajstić information content (AvgIpc) is 3.14. The lowest BCUT2D eigenvalue weighted by Gasteiger charge is -2.26. The molecule has 3 aromatic rings. The predicted molar refractivity (Wildman–Crippen MR) is 102 cm³/mol. The van der Waals surface area contributed by atoms with Gasteiger partial charge in [-0.2, -0.15) is 0 Å². The van der Waals surface area contributed by atoms with Gasteiger partial charge in [-0.1, -0.05) is 48.5 Å². The average molecular weight is 349 g/mol. The molecule has 134 valence electrons. The lowest BCUT2D eigenvalue weighted by molar-refractivity contribution is 0.0320. The molecule has 0 amide bonds. The maximum Gasteiger partial charge on any atom is 0.241 e. The molecule has 1 aromatic heterocycles. The lowest BCUT2D eigenvalue weighted by atomic mass is 10.1. The van der Waals surface area contributed by atoms with Gasteiger partial charge in [0.05, 0.1) is 24.5 Å². The molecule has 0 unspecified atom stereocenters. The first-order chi connectivity index (χ1) is 12.9. The number of hydrogen-bond acceptors (Lipinski definition) is 4. The van der Waals surface area contributed by atoms with Gasteiger partial charge in [0.1, 0.15) is 6.61 Å². The van der Waals surface area contributed by atoms with Gasteiger partial charge < -0.3 is 9.47 Å². The van der Waals surface area contributed by atoms with E-state index < -0.39 is 0 Å². The van der Waals surface area contributed by atoms with Gasteiger partial charge in [0.2, 0.25) is 5.88 Å². The fourth-order valence-corrected chi connectivity index (χ4v) is 3.09. The minimum atomic E-state index is 0.617. The maximum absolute atomic E-state index is 6.08. The van der Waals surface area contributed by atoms with Crippen molar-refractivity contribution in [1.29, 1.82) is 0 Å². The highest BCUT2D eigenvalue weighted by molar-refractivity contribution is 5.68. The standard InChI is InChI=1S/C21H23N3O2/c1-3-7-18(8-4-1)20-17-24(19-9-5-2-6-10-19)22-21(20)26-16-13-23-11-14-25-15-12-23/h1-10,17H,11-16H2. The summed E-state index contributed by atoms with van der Waals surface area (Å²) in [7, 11) is 0. The fraction of sp³-hybridized carbons (Fsp3) is 0.286. The van der Waals surface area contributed by atoms with Crippen molar-refractivity contribution in [2.24, 2.45) is 0 Å². The van der Waals surface area contributed by atoms with Crippen LogP contribution in [0, 0.1) is 0 Å². The first-order valence-corrected chi connectivity index (χ1v) is 9.03. The van der Waals surface area contributed by atoms with Crippen LogP contribution in [0.1, 0.15) is 0 Å². The highest BCUT2D eigenvalue weighted by Gasteiger charge is 2.15. The van der Waals surface area contributed by atoms with Crippen LogP contribution in [0.5, 0.6) is 5.88 Å². The van der Waals surface area contributed by atoms with E-state index in [1.807, 2.05) is 59.4 Å². The number of nitrogens with zero attached hydrogens (tertiary/aromatic N) is 3. The number of hydrogen-bond donors (Lipinski definition) is 0. The highest BCUT2D eigenvalue weighted by Crippen LogP contribution is 2.29. The monoisotopic (exact) mass is 349 g/mol. The van der Waals surface area contributed by atoms with E-state index in [1.165, 1.54) is 0 Å². The largest absolute Gasteiger partial charge is 0.475 e. The zero-order valence-corrected chi connectivity index (χ0v) is 14.8. The molecule has 26 heavy (non-hydrogen) atoms.